The molecule has 0 radical (unpaired) electrons. The lowest BCUT2D eigenvalue weighted by molar-refractivity contribution is -0.117. The number of hydrogen-bond acceptors (Lipinski definition) is 2. The van der Waals surface area contributed by atoms with Gasteiger partial charge in [0.2, 0.25) is 11.3 Å². The number of carbonyl (C=O) groups excluding carboxylic acids is 1. The van der Waals surface area contributed by atoms with Gasteiger partial charge in [-0.3, -0.25) is 9.59 Å². The smallest absolute Gasteiger partial charge is 0.228 e. The predicted octanol–water partition coefficient (Wildman–Crippen LogP) is 0.719. The highest BCUT2D eigenvalue weighted by Gasteiger charge is 2.30. The average molecular weight is 213 g/mol. The normalized spacial score (nSPS) is 21.6. The zero-order chi connectivity index (χ0) is 10.1. The third-order valence-corrected chi connectivity index (χ3v) is 2.46. The molecule has 1 saturated heterocycles. The van der Waals surface area contributed by atoms with Crippen molar-refractivity contribution >= 4 is 23.2 Å². The number of amides is 1. The van der Waals surface area contributed by atoms with Gasteiger partial charge in [0.1, 0.15) is 5.69 Å². The third-order valence-electron chi connectivity index (χ3n) is 2.17. The first-order valence-corrected chi connectivity index (χ1v) is 4.73. The largest absolute Gasteiger partial charge is 0.366 e. The van der Waals surface area contributed by atoms with E-state index in [1.807, 2.05) is 0 Å². The van der Waals surface area contributed by atoms with Crippen LogP contribution in [0.5, 0.6) is 0 Å². The topological polar surface area (TPSA) is 53.2 Å². The maximum Gasteiger partial charge on any atom is 0.228 e. The highest BCUT2D eigenvalue weighted by atomic mass is 35.5. The first-order chi connectivity index (χ1) is 6.68. The molecule has 14 heavy (non-hydrogen) atoms. The standard InChI is InChI=1S/C9H9ClN2O2/c10-6-3-9(14)12(5-6)7-4-11-2-1-8(7)13/h1-2,4,6H,3,5H2,(H,11,13). The molecule has 0 aliphatic carbocycles. The number of carbonyl (C=O) groups is 1. The van der Waals surface area contributed by atoms with E-state index in [9.17, 15) is 9.59 Å². The van der Waals surface area contributed by atoms with Crippen LogP contribution in [0.25, 0.3) is 0 Å². The molecule has 1 unspecified atom stereocenters. The minimum Gasteiger partial charge on any atom is -0.366 e. The Morgan fingerprint density at radius 3 is 2.86 bits per heavy atom. The van der Waals surface area contributed by atoms with Crippen LogP contribution in [0.4, 0.5) is 5.69 Å². The summed E-state index contributed by atoms with van der Waals surface area (Å²) in [7, 11) is 0. The highest BCUT2D eigenvalue weighted by Crippen LogP contribution is 2.20. The highest BCUT2D eigenvalue weighted by molar-refractivity contribution is 6.24. The number of nitrogens with one attached hydrogen (secondary N) is 1. The van der Waals surface area contributed by atoms with E-state index in [0.717, 1.165) is 0 Å². The molecular formula is C9H9ClN2O2. The van der Waals surface area contributed by atoms with Gasteiger partial charge >= 0.3 is 0 Å². The second-order valence-corrected chi connectivity index (χ2v) is 3.82. The Morgan fingerprint density at radius 1 is 1.50 bits per heavy atom. The SMILES string of the molecule is O=C1CC(Cl)CN1c1c[nH]ccc1=O. The zero-order valence-electron chi connectivity index (χ0n) is 7.37. The molecule has 1 N–H and O–H groups in total. The number of hydrogen-bond donors (Lipinski definition) is 1. The van der Waals surface area contributed by atoms with Crippen LogP contribution in [0.2, 0.25) is 0 Å². The summed E-state index contributed by atoms with van der Waals surface area (Å²) in [6.07, 6.45) is 3.36. The summed E-state index contributed by atoms with van der Waals surface area (Å²) in [6, 6.07) is 1.39. The lowest BCUT2D eigenvalue weighted by Crippen LogP contribution is -2.29. The Kier molecular flexibility index (Phi) is 2.29. The lowest BCUT2D eigenvalue weighted by Gasteiger charge is -2.13. The Morgan fingerprint density at radius 2 is 2.29 bits per heavy atom. The van der Waals surface area contributed by atoms with Crippen LogP contribution in [0.1, 0.15) is 6.42 Å². The Bertz CT molecular complexity index is 415. The van der Waals surface area contributed by atoms with E-state index in [-0.39, 0.29) is 16.7 Å². The molecule has 4 nitrogen and oxygen atoms in total. The number of halogens is 1. The number of aromatic nitrogens is 1. The first kappa shape index (κ1) is 9.27. The number of rotatable bonds is 1. The summed E-state index contributed by atoms with van der Waals surface area (Å²) >= 11 is 5.83. The van der Waals surface area contributed by atoms with Gasteiger partial charge in [-0.15, -0.1) is 11.6 Å². The van der Waals surface area contributed by atoms with E-state index in [1.165, 1.54) is 23.4 Å². The van der Waals surface area contributed by atoms with E-state index in [2.05, 4.69) is 4.98 Å². The fourth-order valence-electron chi connectivity index (χ4n) is 1.52. The van der Waals surface area contributed by atoms with Crippen molar-refractivity contribution in [1.82, 2.24) is 4.98 Å². The van der Waals surface area contributed by atoms with Crippen molar-refractivity contribution in [1.29, 1.82) is 0 Å². The average Bonchev–Trinajstić information content (AvgIpc) is 2.46. The Balaban J connectivity index is 2.37. The van der Waals surface area contributed by atoms with Gasteiger partial charge in [0.25, 0.3) is 0 Å². The van der Waals surface area contributed by atoms with E-state index < -0.39 is 0 Å². The monoisotopic (exact) mass is 212 g/mol. The Hall–Kier alpha value is -1.29. The van der Waals surface area contributed by atoms with Gasteiger partial charge in [-0.2, -0.15) is 0 Å². The van der Waals surface area contributed by atoms with E-state index in [0.29, 0.717) is 18.7 Å². The molecule has 1 aliphatic rings. The molecule has 1 fully saturated rings. The maximum atomic E-state index is 11.4. The summed E-state index contributed by atoms with van der Waals surface area (Å²) in [4.78, 5) is 27.0. The summed E-state index contributed by atoms with van der Waals surface area (Å²) in [5.74, 6) is -0.0956. The number of alkyl halides is 1. The van der Waals surface area contributed by atoms with Crippen LogP contribution in [0.15, 0.2) is 23.3 Å². The quantitative estimate of drug-likeness (QED) is 0.698. The van der Waals surface area contributed by atoms with E-state index in [4.69, 9.17) is 11.6 Å². The molecule has 0 aromatic carbocycles. The molecule has 0 saturated carbocycles. The van der Waals surface area contributed by atoms with Gasteiger partial charge in [-0.05, 0) is 0 Å². The van der Waals surface area contributed by atoms with Crippen molar-refractivity contribution in [2.45, 2.75) is 11.8 Å². The van der Waals surface area contributed by atoms with Crippen molar-refractivity contribution < 1.29 is 4.79 Å². The second kappa shape index (κ2) is 3.46. The molecule has 74 valence electrons. The van der Waals surface area contributed by atoms with Crippen LogP contribution in [-0.4, -0.2) is 22.8 Å². The van der Waals surface area contributed by atoms with Gasteiger partial charge in [-0.1, -0.05) is 0 Å². The van der Waals surface area contributed by atoms with Crippen LogP contribution < -0.4 is 10.3 Å². The lowest BCUT2D eigenvalue weighted by atomic mass is 10.3. The van der Waals surface area contributed by atoms with Crippen molar-refractivity contribution in [3.63, 3.8) is 0 Å². The fraction of sp³-hybridized carbons (Fsp3) is 0.333. The molecule has 1 aliphatic heterocycles. The maximum absolute atomic E-state index is 11.4. The number of anilines is 1. The summed E-state index contributed by atoms with van der Waals surface area (Å²) in [5.41, 5.74) is 0.212. The van der Waals surface area contributed by atoms with E-state index in [1.54, 1.807) is 0 Å². The van der Waals surface area contributed by atoms with Gasteiger partial charge in [0, 0.05) is 31.4 Å². The van der Waals surface area contributed by atoms with Gasteiger partial charge in [0.15, 0.2) is 0 Å². The third kappa shape index (κ3) is 1.53. The molecule has 1 aromatic heterocycles. The molecule has 5 heteroatoms. The summed E-state index contributed by atoms with van der Waals surface area (Å²) < 4.78 is 0. The molecule has 2 rings (SSSR count). The minimum atomic E-state index is -0.192. The molecule has 1 atom stereocenters. The molecule has 0 bridgehead atoms. The van der Waals surface area contributed by atoms with Crippen LogP contribution >= 0.6 is 11.6 Å². The van der Waals surface area contributed by atoms with Crippen LogP contribution in [0.3, 0.4) is 0 Å². The van der Waals surface area contributed by atoms with Gasteiger partial charge in [-0.25, -0.2) is 0 Å². The minimum absolute atomic E-state index is 0.0956. The van der Waals surface area contributed by atoms with Gasteiger partial charge < -0.3 is 9.88 Å². The molecule has 2 heterocycles. The van der Waals surface area contributed by atoms with Crippen LogP contribution in [0, 0.1) is 0 Å². The van der Waals surface area contributed by atoms with Crippen molar-refractivity contribution in [2.24, 2.45) is 0 Å². The van der Waals surface area contributed by atoms with E-state index >= 15 is 0 Å². The number of pyridine rings is 1. The van der Waals surface area contributed by atoms with Crippen molar-refractivity contribution in [2.75, 3.05) is 11.4 Å². The van der Waals surface area contributed by atoms with Gasteiger partial charge in [0.05, 0.1) is 5.38 Å². The predicted molar refractivity (Wildman–Crippen MR) is 53.7 cm³/mol. The second-order valence-electron chi connectivity index (χ2n) is 3.20. The first-order valence-electron chi connectivity index (χ1n) is 4.30. The van der Waals surface area contributed by atoms with Crippen molar-refractivity contribution in [3.05, 3.63) is 28.7 Å². The van der Waals surface area contributed by atoms with Crippen molar-refractivity contribution in [3.8, 4) is 0 Å². The molecule has 1 aromatic rings. The summed E-state index contributed by atoms with van der Waals surface area (Å²) in [5, 5.41) is -0.192. The number of nitrogens with zero attached hydrogens (tertiary/aromatic N) is 1. The number of aromatic amines is 1. The molecule has 0 spiro atoms. The Labute approximate surface area is 85.5 Å². The fourth-order valence-corrected chi connectivity index (χ4v) is 1.79. The molecular weight excluding hydrogens is 204 g/mol. The number of H-pyrrole nitrogens is 1. The summed E-state index contributed by atoms with van der Waals surface area (Å²) in [6.45, 7) is 0.410. The molecule has 1 amide bonds. The van der Waals surface area contributed by atoms with Crippen LogP contribution in [-0.2, 0) is 4.79 Å². The zero-order valence-corrected chi connectivity index (χ0v) is 8.12.